The van der Waals surface area contributed by atoms with Crippen LogP contribution in [0.1, 0.15) is 50.9 Å². The summed E-state index contributed by atoms with van der Waals surface area (Å²) in [5.41, 5.74) is 1.42. The number of Topliss-reactive ketones (excluding diaryl/α,β-unsaturated/α-hetero) is 1. The van der Waals surface area contributed by atoms with Crippen LogP contribution in [0, 0.1) is 0 Å². The van der Waals surface area contributed by atoms with Gasteiger partial charge in [-0.1, -0.05) is 27.7 Å². The molecule has 1 aromatic rings. The van der Waals surface area contributed by atoms with E-state index in [1.54, 1.807) is 19.2 Å². The van der Waals surface area contributed by atoms with Gasteiger partial charge in [0.1, 0.15) is 11.4 Å². The molecule has 4 heteroatoms. The summed E-state index contributed by atoms with van der Waals surface area (Å²) in [5, 5.41) is 3.22. The molecule has 1 N–H and O–H groups in total. The molecule has 0 saturated heterocycles. The van der Waals surface area contributed by atoms with E-state index >= 15 is 0 Å². The number of fused-ring (bicyclic) bond motifs is 1. The summed E-state index contributed by atoms with van der Waals surface area (Å²) in [6.45, 7) is 7.87. The molecule has 106 valence electrons. The highest BCUT2D eigenvalue weighted by molar-refractivity contribution is 6.01. The number of ketones is 1. The van der Waals surface area contributed by atoms with Crippen LogP contribution < -0.4 is 14.8 Å². The Morgan fingerprint density at radius 1 is 1.37 bits per heavy atom. The Morgan fingerprint density at radius 2 is 2.05 bits per heavy atom. The highest BCUT2D eigenvalue weighted by atomic mass is 16.5. The first-order valence-corrected chi connectivity index (χ1v) is 6.88. The molecule has 2 rings (SSSR count). The van der Waals surface area contributed by atoms with Crippen molar-refractivity contribution in [3.05, 3.63) is 17.7 Å². The van der Waals surface area contributed by atoms with Gasteiger partial charge in [0.15, 0.2) is 17.8 Å². The fraction of sp³-hybridized carbons (Fsp3) is 0.533. The third-order valence-electron chi connectivity index (χ3n) is 2.90. The Labute approximate surface area is 115 Å². The zero-order chi connectivity index (χ0) is 14.4. The number of anilines is 1. The Kier molecular flexibility index (Phi) is 5.67. The van der Waals surface area contributed by atoms with Gasteiger partial charge in [0, 0.05) is 12.8 Å². The van der Waals surface area contributed by atoms with Crippen molar-refractivity contribution in [3.63, 3.8) is 0 Å². The van der Waals surface area contributed by atoms with Gasteiger partial charge in [0.2, 0.25) is 0 Å². The maximum Gasteiger partial charge on any atom is 0.170 e. The second-order valence-electron chi connectivity index (χ2n) is 3.96. The molecule has 0 aliphatic carbocycles. The van der Waals surface area contributed by atoms with Gasteiger partial charge in [-0.15, -0.1) is 0 Å². The molecular weight excluding hydrogens is 242 g/mol. The van der Waals surface area contributed by atoms with Crippen molar-refractivity contribution in [1.82, 2.24) is 0 Å². The van der Waals surface area contributed by atoms with Gasteiger partial charge in [-0.3, -0.25) is 4.79 Å². The molecule has 19 heavy (non-hydrogen) atoms. The first-order chi connectivity index (χ1) is 9.21. The summed E-state index contributed by atoms with van der Waals surface area (Å²) in [4.78, 5) is 11.8. The first-order valence-electron chi connectivity index (χ1n) is 6.88. The van der Waals surface area contributed by atoms with E-state index in [4.69, 9.17) is 9.47 Å². The van der Waals surface area contributed by atoms with E-state index in [2.05, 4.69) is 5.32 Å². The van der Waals surface area contributed by atoms with Crippen LogP contribution in [0.15, 0.2) is 12.1 Å². The standard InChI is InChI=1S/C13H17NO3.C2H6/c1-4-9(15)8-6-7-10(16-3)12-13(8)17-11(5-2)14-12;1-2/h6-7,11,14H,4-5H2,1-3H3;1-2H3. The monoisotopic (exact) mass is 265 g/mol. The fourth-order valence-corrected chi connectivity index (χ4v) is 1.92. The molecule has 4 nitrogen and oxygen atoms in total. The van der Waals surface area contributed by atoms with Crippen LogP contribution in [0.3, 0.4) is 0 Å². The molecule has 1 unspecified atom stereocenters. The number of benzene rings is 1. The van der Waals surface area contributed by atoms with Crippen molar-refractivity contribution in [3.8, 4) is 11.5 Å². The van der Waals surface area contributed by atoms with Crippen LogP contribution in [-0.4, -0.2) is 19.1 Å². The maximum atomic E-state index is 11.8. The Bertz CT molecular complexity index is 443. The fourth-order valence-electron chi connectivity index (χ4n) is 1.92. The van der Waals surface area contributed by atoms with Gasteiger partial charge < -0.3 is 14.8 Å². The number of hydrogen-bond donors (Lipinski definition) is 1. The van der Waals surface area contributed by atoms with Crippen molar-refractivity contribution in [2.24, 2.45) is 0 Å². The van der Waals surface area contributed by atoms with Crippen LogP contribution >= 0.6 is 0 Å². The first kappa shape index (κ1) is 15.3. The second kappa shape index (κ2) is 7.02. The van der Waals surface area contributed by atoms with E-state index in [0.29, 0.717) is 23.5 Å². The van der Waals surface area contributed by atoms with Crippen LogP contribution in [0.2, 0.25) is 0 Å². The lowest BCUT2D eigenvalue weighted by molar-refractivity contribution is 0.0983. The number of hydrogen-bond acceptors (Lipinski definition) is 4. The molecule has 1 aliphatic heterocycles. The van der Waals surface area contributed by atoms with Crippen molar-refractivity contribution in [2.75, 3.05) is 12.4 Å². The summed E-state index contributed by atoms with van der Waals surface area (Å²) in [6, 6.07) is 3.57. The van der Waals surface area contributed by atoms with Gasteiger partial charge in [0.05, 0.1) is 12.7 Å². The smallest absolute Gasteiger partial charge is 0.170 e. The molecule has 1 aromatic carbocycles. The summed E-state index contributed by atoms with van der Waals surface area (Å²) >= 11 is 0. The van der Waals surface area contributed by atoms with Crippen LogP contribution in [-0.2, 0) is 0 Å². The summed E-state index contributed by atoms with van der Waals surface area (Å²) < 4.78 is 11.0. The van der Waals surface area contributed by atoms with Gasteiger partial charge in [0.25, 0.3) is 0 Å². The molecule has 0 bridgehead atoms. The zero-order valence-electron chi connectivity index (χ0n) is 12.4. The minimum absolute atomic E-state index is 0.0790. The lowest BCUT2D eigenvalue weighted by Gasteiger charge is -2.08. The predicted octanol–water partition coefficient (Wildman–Crippen LogP) is 3.85. The normalized spacial score (nSPS) is 15.5. The number of methoxy groups -OCH3 is 1. The third-order valence-corrected chi connectivity index (χ3v) is 2.90. The topological polar surface area (TPSA) is 47.6 Å². The SMILES string of the molecule is CC.CCC(=O)c1ccc(OC)c2c1OC(CC)N2. The minimum atomic E-state index is -0.0790. The predicted molar refractivity (Wildman–Crippen MR) is 77.3 cm³/mol. The Morgan fingerprint density at radius 3 is 2.58 bits per heavy atom. The Balaban J connectivity index is 0.000000861. The molecule has 0 spiro atoms. The molecule has 0 saturated carbocycles. The molecule has 0 radical (unpaired) electrons. The van der Waals surface area contributed by atoms with Crippen molar-refractivity contribution >= 4 is 11.5 Å². The van der Waals surface area contributed by atoms with Crippen molar-refractivity contribution in [2.45, 2.75) is 46.8 Å². The molecule has 1 aliphatic rings. The number of carbonyl (C=O) groups is 1. The highest BCUT2D eigenvalue weighted by Crippen LogP contribution is 2.43. The van der Waals surface area contributed by atoms with Crippen molar-refractivity contribution in [1.29, 1.82) is 0 Å². The Hall–Kier alpha value is -1.71. The van der Waals surface area contributed by atoms with Gasteiger partial charge in [-0.2, -0.15) is 0 Å². The molecule has 0 aromatic heterocycles. The molecular formula is C15H23NO3. The largest absolute Gasteiger partial charge is 0.494 e. The van der Waals surface area contributed by atoms with Crippen LogP contribution in [0.4, 0.5) is 5.69 Å². The van der Waals surface area contributed by atoms with E-state index in [-0.39, 0.29) is 12.0 Å². The molecule has 0 fully saturated rings. The minimum Gasteiger partial charge on any atom is -0.494 e. The molecule has 1 atom stereocenters. The average molecular weight is 265 g/mol. The van der Waals surface area contributed by atoms with Gasteiger partial charge in [-0.25, -0.2) is 0 Å². The van der Waals surface area contributed by atoms with E-state index in [9.17, 15) is 4.79 Å². The quantitative estimate of drug-likeness (QED) is 0.840. The van der Waals surface area contributed by atoms with Crippen molar-refractivity contribution < 1.29 is 14.3 Å². The number of rotatable bonds is 4. The van der Waals surface area contributed by atoms with Crippen LogP contribution in [0.25, 0.3) is 0 Å². The summed E-state index contributed by atoms with van der Waals surface area (Å²) in [5.74, 6) is 1.43. The second-order valence-corrected chi connectivity index (χ2v) is 3.96. The lowest BCUT2D eigenvalue weighted by atomic mass is 10.1. The lowest BCUT2D eigenvalue weighted by Crippen LogP contribution is -2.18. The third kappa shape index (κ3) is 3.00. The maximum absolute atomic E-state index is 11.8. The van der Waals surface area contributed by atoms with E-state index in [0.717, 1.165) is 12.1 Å². The van der Waals surface area contributed by atoms with E-state index < -0.39 is 0 Å². The zero-order valence-corrected chi connectivity index (χ0v) is 12.4. The summed E-state index contributed by atoms with van der Waals surface area (Å²) in [6.07, 6.45) is 1.22. The van der Waals surface area contributed by atoms with Gasteiger partial charge >= 0.3 is 0 Å². The number of carbonyl (C=O) groups excluding carboxylic acids is 1. The van der Waals surface area contributed by atoms with Crippen LogP contribution in [0.5, 0.6) is 11.5 Å². The van der Waals surface area contributed by atoms with E-state index in [1.807, 2.05) is 27.7 Å². The summed E-state index contributed by atoms with van der Waals surface area (Å²) in [7, 11) is 1.61. The average Bonchev–Trinajstić information content (AvgIpc) is 2.91. The number of ether oxygens (including phenoxy) is 2. The highest BCUT2D eigenvalue weighted by Gasteiger charge is 2.28. The number of nitrogens with one attached hydrogen (secondary N) is 1. The molecule has 0 amide bonds. The van der Waals surface area contributed by atoms with E-state index in [1.165, 1.54) is 0 Å². The van der Waals surface area contributed by atoms with Gasteiger partial charge in [-0.05, 0) is 12.1 Å². The molecule has 1 heterocycles.